The fraction of sp³-hybridized carbons (Fsp3) is 0.667. The van der Waals surface area contributed by atoms with Crippen LogP contribution in [0.25, 0.3) is 0 Å². The molecule has 0 radical (unpaired) electrons. The summed E-state index contributed by atoms with van der Waals surface area (Å²) in [6, 6.07) is 2.61. The zero-order valence-corrected chi connectivity index (χ0v) is 10.3. The Balaban J connectivity index is 2.01. The van der Waals surface area contributed by atoms with E-state index >= 15 is 0 Å². The van der Waals surface area contributed by atoms with Crippen LogP contribution in [0.2, 0.25) is 0 Å². The molecule has 2 heterocycles. The Morgan fingerprint density at radius 1 is 1.67 bits per heavy atom. The summed E-state index contributed by atoms with van der Waals surface area (Å²) in [5, 5.41) is 14.7. The van der Waals surface area contributed by atoms with Gasteiger partial charge in [0.25, 0.3) is 0 Å². The van der Waals surface area contributed by atoms with Crippen LogP contribution >= 0.6 is 11.3 Å². The van der Waals surface area contributed by atoms with Gasteiger partial charge in [-0.1, -0.05) is 0 Å². The van der Waals surface area contributed by atoms with Gasteiger partial charge in [0.2, 0.25) is 0 Å². The molecule has 2 atom stereocenters. The van der Waals surface area contributed by atoms with Crippen molar-refractivity contribution in [3.63, 3.8) is 0 Å². The van der Waals surface area contributed by atoms with Crippen LogP contribution in [0.5, 0.6) is 0 Å². The average Bonchev–Trinajstić information content (AvgIpc) is 2.64. The van der Waals surface area contributed by atoms with Crippen molar-refractivity contribution in [3.05, 3.63) is 22.4 Å². The first-order valence-electron chi connectivity index (χ1n) is 5.53. The van der Waals surface area contributed by atoms with Crippen LogP contribution in [0, 0.1) is 0 Å². The highest BCUT2D eigenvalue weighted by molar-refractivity contribution is 7.07. The number of aliphatic hydroxyl groups is 1. The minimum atomic E-state index is -0.479. The van der Waals surface area contributed by atoms with Crippen molar-refractivity contribution in [1.29, 1.82) is 0 Å². The van der Waals surface area contributed by atoms with E-state index in [1.165, 1.54) is 5.56 Å². The lowest BCUT2D eigenvalue weighted by atomic mass is 9.83. The summed E-state index contributed by atoms with van der Waals surface area (Å²) in [5.41, 5.74) is 0.798. The molecule has 0 saturated carbocycles. The molecule has 15 heavy (non-hydrogen) atoms. The molecule has 3 heteroatoms. The van der Waals surface area contributed by atoms with Crippen molar-refractivity contribution >= 4 is 11.3 Å². The second-order valence-corrected chi connectivity index (χ2v) is 5.60. The highest BCUT2D eigenvalue weighted by Crippen LogP contribution is 2.29. The van der Waals surface area contributed by atoms with Crippen molar-refractivity contribution in [2.45, 2.75) is 37.8 Å². The van der Waals surface area contributed by atoms with E-state index in [1.807, 2.05) is 0 Å². The zero-order valence-electron chi connectivity index (χ0n) is 9.44. The molecule has 0 bridgehead atoms. The number of hydrogen-bond acceptors (Lipinski definition) is 3. The maximum atomic E-state index is 10.5. The quantitative estimate of drug-likeness (QED) is 0.833. The molecular weight excluding hydrogens is 206 g/mol. The normalized spacial score (nSPS) is 33.1. The Morgan fingerprint density at radius 2 is 2.47 bits per heavy atom. The minimum Gasteiger partial charge on any atom is -0.389 e. The molecular formula is C12H19NOS. The molecule has 84 valence electrons. The third-order valence-corrected chi connectivity index (χ3v) is 4.20. The molecule has 2 unspecified atom stereocenters. The third kappa shape index (κ3) is 2.60. The Morgan fingerprint density at radius 3 is 3.07 bits per heavy atom. The maximum absolute atomic E-state index is 10.5. The van der Waals surface area contributed by atoms with Gasteiger partial charge in [-0.05, 0) is 49.2 Å². The molecule has 0 aliphatic carbocycles. The van der Waals surface area contributed by atoms with Gasteiger partial charge in [-0.25, -0.2) is 0 Å². The summed E-state index contributed by atoms with van der Waals surface area (Å²) in [6.07, 6.45) is 2.59. The molecule has 0 amide bonds. The van der Waals surface area contributed by atoms with Gasteiger partial charge in [-0.2, -0.15) is 11.3 Å². The number of thiophene rings is 1. The topological polar surface area (TPSA) is 23.5 Å². The van der Waals surface area contributed by atoms with E-state index in [9.17, 15) is 5.11 Å². The monoisotopic (exact) mass is 225 g/mol. The van der Waals surface area contributed by atoms with E-state index in [-0.39, 0.29) is 0 Å². The average molecular weight is 225 g/mol. The first kappa shape index (κ1) is 11.1. The molecule has 2 rings (SSSR count). The minimum absolute atomic E-state index is 0.479. The summed E-state index contributed by atoms with van der Waals surface area (Å²) in [5.74, 6) is 0. The Labute approximate surface area is 95.5 Å². The summed E-state index contributed by atoms with van der Waals surface area (Å²) in [7, 11) is 2.13. The lowest BCUT2D eigenvalue weighted by Gasteiger charge is -2.41. The number of piperidine rings is 1. The fourth-order valence-electron chi connectivity index (χ4n) is 2.35. The predicted octanol–water partition coefficient (Wildman–Crippen LogP) is 2.14. The first-order chi connectivity index (χ1) is 7.09. The molecule has 1 fully saturated rings. The van der Waals surface area contributed by atoms with Crippen molar-refractivity contribution in [2.75, 3.05) is 13.6 Å². The Kier molecular flexibility index (Phi) is 3.14. The lowest BCUT2D eigenvalue weighted by molar-refractivity contribution is -0.0352. The van der Waals surface area contributed by atoms with Crippen LogP contribution in [0.3, 0.4) is 0 Å². The molecule has 0 aromatic carbocycles. The van der Waals surface area contributed by atoms with E-state index in [0.29, 0.717) is 6.04 Å². The Hall–Kier alpha value is -0.380. The van der Waals surface area contributed by atoms with Crippen molar-refractivity contribution in [3.8, 4) is 0 Å². The summed E-state index contributed by atoms with van der Waals surface area (Å²) >= 11 is 1.71. The fourth-order valence-corrected chi connectivity index (χ4v) is 3.02. The van der Waals surface area contributed by atoms with E-state index in [2.05, 4.69) is 35.7 Å². The largest absolute Gasteiger partial charge is 0.389 e. The number of nitrogens with zero attached hydrogens (tertiary/aromatic N) is 1. The molecule has 1 saturated heterocycles. The first-order valence-corrected chi connectivity index (χ1v) is 6.47. The van der Waals surface area contributed by atoms with Gasteiger partial charge < -0.3 is 10.0 Å². The predicted molar refractivity (Wildman–Crippen MR) is 64.3 cm³/mol. The standard InChI is InChI=1S/C12H19NOS/c1-10-7-12(14,4-5-13(10)2)8-11-3-6-15-9-11/h3,6,9-10,14H,4-5,7-8H2,1-2H3. The molecule has 1 aromatic heterocycles. The molecule has 2 nitrogen and oxygen atoms in total. The Bertz CT molecular complexity index is 311. The second-order valence-electron chi connectivity index (χ2n) is 4.82. The summed E-state index contributed by atoms with van der Waals surface area (Å²) in [4.78, 5) is 2.32. The summed E-state index contributed by atoms with van der Waals surface area (Å²) in [6.45, 7) is 3.19. The van der Waals surface area contributed by atoms with Crippen molar-refractivity contribution < 1.29 is 5.11 Å². The molecule has 1 aliphatic rings. The van der Waals surface area contributed by atoms with Gasteiger partial charge in [0, 0.05) is 19.0 Å². The second kappa shape index (κ2) is 4.24. The highest BCUT2D eigenvalue weighted by atomic mass is 32.1. The van der Waals surface area contributed by atoms with E-state index in [0.717, 1.165) is 25.8 Å². The van der Waals surface area contributed by atoms with Crippen molar-refractivity contribution in [2.24, 2.45) is 0 Å². The molecule has 1 aromatic rings. The number of rotatable bonds is 2. The van der Waals surface area contributed by atoms with Crippen molar-refractivity contribution in [1.82, 2.24) is 4.90 Å². The van der Waals surface area contributed by atoms with Crippen LogP contribution in [0.1, 0.15) is 25.3 Å². The van der Waals surface area contributed by atoms with Crippen LogP contribution in [-0.4, -0.2) is 35.2 Å². The van der Waals surface area contributed by atoms with E-state index < -0.39 is 5.60 Å². The third-order valence-electron chi connectivity index (χ3n) is 3.47. The van der Waals surface area contributed by atoms with Crippen LogP contribution < -0.4 is 0 Å². The smallest absolute Gasteiger partial charge is 0.0715 e. The number of likely N-dealkylation sites (tertiary alicyclic amines) is 1. The SMILES string of the molecule is CC1CC(O)(Cc2ccsc2)CCN1C. The maximum Gasteiger partial charge on any atom is 0.0715 e. The van der Waals surface area contributed by atoms with E-state index in [1.54, 1.807) is 11.3 Å². The van der Waals surface area contributed by atoms with Gasteiger partial charge >= 0.3 is 0 Å². The zero-order chi connectivity index (χ0) is 10.9. The molecule has 1 aliphatic heterocycles. The van der Waals surface area contributed by atoms with Gasteiger partial charge in [0.05, 0.1) is 5.60 Å². The number of hydrogen-bond donors (Lipinski definition) is 1. The van der Waals surface area contributed by atoms with Crippen LogP contribution in [0.15, 0.2) is 16.8 Å². The van der Waals surface area contributed by atoms with E-state index in [4.69, 9.17) is 0 Å². The molecule has 0 spiro atoms. The van der Waals surface area contributed by atoms with Crippen LogP contribution in [0.4, 0.5) is 0 Å². The lowest BCUT2D eigenvalue weighted by Crippen LogP contribution is -2.48. The van der Waals surface area contributed by atoms with Gasteiger partial charge in [0.15, 0.2) is 0 Å². The highest BCUT2D eigenvalue weighted by Gasteiger charge is 2.34. The summed E-state index contributed by atoms with van der Waals surface area (Å²) < 4.78 is 0. The van der Waals surface area contributed by atoms with Gasteiger partial charge in [-0.15, -0.1) is 0 Å². The van der Waals surface area contributed by atoms with Gasteiger partial charge in [0.1, 0.15) is 0 Å². The van der Waals surface area contributed by atoms with Crippen LogP contribution in [-0.2, 0) is 6.42 Å². The van der Waals surface area contributed by atoms with Gasteiger partial charge in [-0.3, -0.25) is 0 Å². The molecule has 1 N–H and O–H groups in total.